The Hall–Kier alpha value is -1.23. The molecule has 100 valence electrons. The van der Waals surface area contributed by atoms with Gasteiger partial charge >= 0.3 is 0 Å². The number of nitrogens with one attached hydrogen (secondary N) is 1. The number of rotatable bonds is 2. The number of halogens is 3. The van der Waals surface area contributed by atoms with Crippen LogP contribution in [0, 0.1) is 17.5 Å². The second kappa shape index (κ2) is 5.18. The zero-order valence-corrected chi connectivity index (χ0v) is 10.3. The molecule has 2 nitrogen and oxygen atoms in total. The summed E-state index contributed by atoms with van der Waals surface area (Å²) >= 11 is 0. The first-order chi connectivity index (χ1) is 8.45. The molecule has 1 aliphatic rings. The summed E-state index contributed by atoms with van der Waals surface area (Å²) < 4.78 is 45.3. The summed E-state index contributed by atoms with van der Waals surface area (Å²) in [6.45, 7) is 3.84. The van der Waals surface area contributed by atoms with Crippen LogP contribution in [0.5, 0.6) is 0 Å². The van der Waals surface area contributed by atoms with Crippen LogP contribution in [0.3, 0.4) is 0 Å². The number of hydrogen-bond donors (Lipinski definition) is 1. The third-order valence-electron chi connectivity index (χ3n) is 3.05. The summed E-state index contributed by atoms with van der Waals surface area (Å²) in [6, 6.07) is 1.29. The molecule has 0 aliphatic carbocycles. The van der Waals surface area contributed by atoms with E-state index in [-0.39, 0.29) is 23.9 Å². The fourth-order valence-corrected chi connectivity index (χ4v) is 2.41. The van der Waals surface area contributed by atoms with Crippen molar-refractivity contribution in [3.8, 4) is 0 Å². The van der Waals surface area contributed by atoms with Crippen LogP contribution in [0.4, 0.5) is 18.9 Å². The van der Waals surface area contributed by atoms with Crippen LogP contribution in [-0.2, 0) is 4.74 Å². The van der Waals surface area contributed by atoms with Gasteiger partial charge in [0.05, 0.1) is 12.2 Å². The lowest BCUT2D eigenvalue weighted by molar-refractivity contribution is -0.0338. The molecule has 1 heterocycles. The Labute approximate surface area is 104 Å². The highest BCUT2D eigenvalue weighted by Gasteiger charge is 2.26. The van der Waals surface area contributed by atoms with E-state index in [9.17, 15) is 13.2 Å². The standard InChI is InChI=1S/C13H16F3NO/c1-7-3-10(4-8(2)18-7)17-13-11(15)5-9(14)6-12(13)16/h5-8,10,17H,3-4H2,1-2H3. The molecule has 2 rings (SSSR count). The Balaban J connectivity index is 2.14. The summed E-state index contributed by atoms with van der Waals surface area (Å²) in [6.07, 6.45) is 1.41. The molecule has 0 saturated carbocycles. The highest BCUT2D eigenvalue weighted by Crippen LogP contribution is 2.26. The van der Waals surface area contributed by atoms with Crippen molar-refractivity contribution >= 4 is 5.69 Å². The second-order valence-electron chi connectivity index (χ2n) is 4.81. The molecule has 5 heteroatoms. The highest BCUT2D eigenvalue weighted by atomic mass is 19.1. The van der Waals surface area contributed by atoms with Crippen LogP contribution in [0.2, 0.25) is 0 Å². The van der Waals surface area contributed by atoms with Gasteiger partial charge in [-0.05, 0) is 26.7 Å². The topological polar surface area (TPSA) is 21.3 Å². The van der Waals surface area contributed by atoms with Gasteiger partial charge in [0.15, 0.2) is 11.6 Å². The first-order valence-electron chi connectivity index (χ1n) is 6.02. The Kier molecular flexibility index (Phi) is 3.80. The average Bonchev–Trinajstić information content (AvgIpc) is 2.22. The molecule has 0 amide bonds. The molecule has 1 aromatic rings. The van der Waals surface area contributed by atoms with E-state index in [1.165, 1.54) is 0 Å². The van der Waals surface area contributed by atoms with Crippen molar-refractivity contribution in [2.75, 3.05) is 5.32 Å². The van der Waals surface area contributed by atoms with Crippen molar-refractivity contribution in [3.05, 3.63) is 29.6 Å². The summed E-state index contributed by atoms with van der Waals surface area (Å²) in [7, 11) is 0. The van der Waals surface area contributed by atoms with Crippen molar-refractivity contribution in [1.82, 2.24) is 0 Å². The smallest absolute Gasteiger partial charge is 0.152 e. The van der Waals surface area contributed by atoms with Crippen molar-refractivity contribution in [1.29, 1.82) is 0 Å². The van der Waals surface area contributed by atoms with Gasteiger partial charge < -0.3 is 10.1 Å². The first-order valence-corrected chi connectivity index (χ1v) is 6.02. The lowest BCUT2D eigenvalue weighted by atomic mass is 9.99. The van der Waals surface area contributed by atoms with Gasteiger partial charge in [-0.2, -0.15) is 0 Å². The van der Waals surface area contributed by atoms with E-state index in [4.69, 9.17) is 4.74 Å². The van der Waals surface area contributed by atoms with Gasteiger partial charge in [0.1, 0.15) is 11.5 Å². The zero-order chi connectivity index (χ0) is 13.3. The van der Waals surface area contributed by atoms with Gasteiger partial charge in [0.2, 0.25) is 0 Å². The lowest BCUT2D eigenvalue weighted by Crippen LogP contribution is -2.37. The molecule has 2 unspecified atom stereocenters. The van der Waals surface area contributed by atoms with Gasteiger partial charge in [-0.3, -0.25) is 0 Å². The molecule has 0 spiro atoms. The predicted octanol–water partition coefficient (Wildman–Crippen LogP) is 3.47. The third-order valence-corrected chi connectivity index (χ3v) is 3.05. The maximum Gasteiger partial charge on any atom is 0.152 e. The molecule has 1 aliphatic heterocycles. The van der Waals surface area contributed by atoms with Crippen LogP contribution in [0.1, 0.15) is 26.7 Å². The normalized spacial score (nSPS) is 28.2. The molecule has 2 atom stereocenters. The molecular weight excluding hydrogens is 243 g/mol. The van der Waals surface area contributed by atoms with Gasteiger partial charge in [-0.1, -0.05) is 0 Å². The minimum absolute atomic E-state index is 0.0396. The van der Waals surface area contributed by atoms with Crippen molar-refractivity contribution in [3.63, 3.8) is 0 Å². The van der Waals surface area contributed by atoms with Gasteiger partial charge in [0.25, 0.3) is 0 Å². The van der Waals surface area contributed by atoms with E-state index in [2.05, 4.69) is 5.32 Å². The van der Waals surface area contributed by atoms with E-state index in [0.717, 1.165) is 0 Å². The minimum atomic E-state index is -0.913. The molecule has 1 aromatic carbocycles. The maximum atomic E-state index is 13.5. The van der Waals surface area contributed by atoms with Crippen LogP contribution >= 0.6 is 0 Å². The molecule has 0 bridgehead atoms. The van der Waals surface area contributed by atoms with Crippen LogP contribution in [0.25, 0.3) is 0 Å². The molecular formula is C13H16F3NO. The number of hydrogen-bond acceptors (Lipinski definition) is 2. The van der Waals surface area contributed by atoms with Crippen molar-refractivity contribution < 1.29 is 17.9 Å². The van der Waals surface area contributed by atoms with Gasteiger partial charge in [-0.25, -0.2) is 13.2 Å². The van der Waals surface area contributed by atoms with E-state index in [1.807, 2.05) is 13.8 Å². The van der Waals surface area contributed by atoms with E-state index < -0.39 is 17.5 Å². The van der Waals surface area contributed by atoms with E-state index in [1.54, 1.807) is 0 Å². The minimum Gasteiger partial charge on any atom is -0.377 e. The number of benzene rings is 1. The summed E-state index contributed by atoms with van der Waals surface area (Å²) in [5, 5.41) is 2.81. The monoisotopic (exact) mass is 259 g/mol. The Morgan fingerprint density at radius 2 is 1.56 bits per heavy atom. The molecule has 0 radical (unpaired) electrons. The first kappa shape index (κ1) is 13.2. The van der Waals surface area contributed by atoms with E-state index in [0.29, 0.717) is 25.0 Å². The Morgan fingerprint density at radius 3 is 2.06 bits per heavy atom. The summed E-state index contributed by atoms with van der Waals surface area (Å²) in [5.41, 5.74) is -0.261. The van der Waals surface area contributed by atoms with E-state index >= 15 is 0 Å². The number of anilines is 1. The molecule has 1 saturated heterocycles. The number of ether oxygens (including phenoxy) is 1. The van der Waals surface area contributed by atoms with Gasteiger partial charge in [-0.15, -0.1) is 0 Å². The second-order valence-corrected chi connectivity index (χ2v) is 4.81. The molecule has 18 heavy (non-hydrogen) atoms. The van der Waals surface area contributed by atoms with Gasteiger partial charge in [0, 0.05) is 18.2 Å². The summed E-state index contributed by atoms with van der Waals surface area (Å²) in [5.74, 6) is -2.72. The molecule has 1 fully saturated rings. The Bertz CT molecular complexity index is 405. The zero-order valence-electron chi connectivity index (χ0n) is 10.3. The quantitative estimate of drug-likeness (QED) is 0.878. The van der Waals surface area contributed by atoms with Crippen molar-refractivity contribution in [2.24, 2.45) is 0 Å². The van der Waals surface area contributed by atoms with Crippen LogP contribution in [-0.4, -0.2) is 18.2 Å². The third kappa shape index (κ3) is 2.96. The maximum absolute atomic E-state index is 13.5. The van der Waals surface area contributed by atoms with Crippen LogP contribution < -0.4 is 5.32 Å². The van der Waals surface area contributed by atoms with Crippen molar-refractivity contribution in [2.45, 2.75) is 44.9 Å². The fraction of sp³-hybridized carbons (Fsp3) is 0.538. The SMILES string of the molecule is CC1CC(Nc2c(F)cc(F)cc2F)CC(C)O1. The molecule has 0 aromatic heterocycles. The van der Waals surface area contributed by atoms with Crippen LogP contribution in [0.15, 0.2) is 12.1 Å². The fourth-order valence-electron chi connectivity index (χ4n) is 2.41. The highest BCUT2D eigenvalue weighted by molar-refractivity contribution is 5.47. The summed E-state index contributed by atoms with van der Waals surface area (Å²) in [4.78, 5) is 0. The largest absolute Gasteiger partial charge is 0.377 e. The molecule has 1 N–H and O–H groups in total. The lowest BCUT2D eigenvalue weighted by Gasteiger charge is -2.33. The Morgan fingerprint density at radius 1 is 1.06 bits per heavy atom. The average molecular weight is 259 g/mol. The predicted molar refractivity (Wildman–Crippen MR) is 63.0 cm³/mol.